The van der Waals surface area contributed by atoms with Crippen molar-refractivity contribution in [3.05, 3.63) is 51.6 Å². The Balaban J connectivity index is 2.07. The molecule has 0 saturated carbocycles. The molecule has 2 unspecified atom stereocenters. The zero-order valence-corrected chi connectivity index (χ0v) is 21.7. The number of piperazine rings is 1. The van der Waals surface area contributed by atoms with Gasteiger partial charge in [-0.2, -0.15) is 13.2 Å². The van der Waals surface area contributed by atoms with Gasteiger partial charge in [0.25, 0.3) is 0 Å². The maximum atomic E-state index is 15.6. The molecule has 5 rings (SSSR count). The maximum absolute atomic E-state index is 15.6. The smallest absolute Gasteiger partial charge is 0.380 e. The molecule has 1 aromatic rings. The molecule has 3 heterocycles. The molecule has 2 fully saturated rings. The van der Waals surface area contributed by atoms with Crippen LogP contribution in [0.2, 0.25) is 1.41 Å². The van der Waals surface area contributed by atoms with Crippen LogP contribution in [0, 0.1) is 17.5 Å². The molecule has 212 valence electrons. The minimum Gasteiger partial charge on any atom is -0.380 e. The first-order chi connectivity index (χ1) is 21.6. The number of carbonyl (C=O) groups is 1. The summed E-state index contributed by atoms with van der Waals surface area (Å²) in [7, 11) is 0. The second-order valence-electron chi connectivity index (χ2n) is 9.52. The van der Waals surface area contributed by atoms with Gasteiger partial charge in [-0.1, -0.05) is 0 Å². The van der Waals surface area contributed by atoms with Crippen LogP contribution < -0.4 is 10.6 Å². The Hall–Kier alpha value is -2.15. The van der Waals surface area contributed by atoms with Gasteiger partial charge in [0.2, 0.25) is 0 Å². The van der Waals surface area contributed by atoms with Gasteiger partial charge in [0.1, 0.15) is 11.6 Å². The third-order valence-corrected chi connectivity index (χ3v) is 7.59. The number of halogens is 5. The van der Waals surface area contributed by atoms with E-state index in [1.807, 2.05) is 0 Å². The number of ether oxygens (including phenoxy) is 1. The number of benzene rings is 1. The number of rotatable bonds is 5. The van der Waals surface area contributed by atoms with Crippen molar-refractivity contribution in [1.82, 2.24) is 20.4 Å². The van der Waals surface area contributed by atoms with Crippen molar-refractivity contribution in [1.29, 1.82) is 4.50 Å². The Kier molecular flexibility index (Phi) is 4.81. The average Bonchev–Trinajstić information content (AvgIpc) is 2.92. The van der Waals surface area contributed by atoms with Gasteiger partial charge >= 0.3 is 12.2 Å². The van der Waals surface area contributed by atoms with Gasteiger partial charge in [-0.25, -0.2) is 13.6 Å². The third kappa shape index (κ3) is 4.96. The fourth-order valence-corrected chi connectivity index (χ4v) is 6.26. The lowest BCUT2D eigenvalue weighted by molar-refractivity contribution is -0.0964. The fraction of sp³-hybridized carbons (Fsp3) is 0.577. The van der Waals surface area contributed by atoms with Crippen LogP contribution in [0.3, 0.4) is 0 Å². The van der Waals surface area contributed by atoms with Crippen molar-refractivity contribution in [2.75, 3.05) is 32.0 Å². The quantitative estimate of drug-likeness (QED) is 0.530. The third-order valence-electron chi connectivity index (χ3n) is 6.65. The number of carbonyl (C=O) groups excluding carboxylic acids is 1. The number of alkyl halides is 3. The molecule has 0 aromatic heterocycles. The highest BCUT2D eigenvalue weighted by Gasteiger charge is 2.53. The van der Waals surface area contributed by atoms with Crippen LogP contribution in [0.5, 0.6) is 0 Å². The molecule has 2 N–H and O–H groups in total. The Bertz CT molecular complexity index is 1650. The molecule has 5 atom stereocenters. The summed E-state index contributed by atoms with van der Waals surface area (Å²) in [6, 6.07) is -5.16. The van der Waals surface area contributed by atoms with Gasteiger partial charge in [-0.3, -0.25) is 21.2 Å². The topological polar surface area (TPSA) is 56.8 Å². The number of urea groups is 1. The van der Waals surface area contributed by atoms with E-state index in [4.69, 9.17) is 8.89 Å². The van der Waals surface area contributed by atoms with Crippen molar-refractivity contribution in [3.63, 3.8) is 0 Å². The van der Waals surface area contributed by atoms with Crippen molar-refractivity contribution in [2.24, 2.45) is 5.89 Å². The lowest BCUT2D eigenvalue weighted by Gasteiger charge is -2.54. The van der Waals surface area contributed by atoms with E-state index < -0.39 is 111 Å². The first-order valence-corrected chi connectivity index (χ1v) is 13.0. The molecule has 6 nitrogen and oxygen atoms in total. The Morgan fingerprint density at radius 1 is 1.29 bits per heavy atom. The molecule has 2 saturated heterocycles. The van der Waals surface area contributed by atoms with Crippen LogP contribution in [-0.2, 0) is 4.74 Å². The lowest BCUT2D eigenvalue weighted by atomic mass is 9.79. The van der Waals surface area contributed by atoms with E-state index >= 15 is 17.6 Å². The van der Waals surface area contributed by atoms with Crippen LogP contribution in [0.1, 0.15) is 39.6 Å². The normalized spacial score (nSPS) is 47.5. The van der Waals surface area contributed by atoms with Gasteiger partial charge in [-0.05, 0) is 49.9 Å². The highest BCUT2D eigenvalue weighted by atomic mass is 32.2. The Labute approximate surface area is 235 Å². The first-order valence-electron chi connectivity index (χ1n) is 16.7. The predicted molar refractivity (Wildman–Crippen MR) is 141 cm³/mol. The van der Waals surface area contributed by atoms with E-state index in [0.717, 1.165) is 4.90 Å². The second-order valence-corrected chi connectivity index (χ2v) is 10.3. The molecule has 12 heteroatoms. The average molecular weight is 573 g/mol. The largest absolute Gasteiger partial charge is 0.413 e. The van der Waals surface area contributed by atoms with Crippen LogP contribution in [0.4, 0.5) is 26.7 Å². The monoisotopic (exact) mass is 572 g/mol. The Morgan fingerprint density at radius 3 is 2.63 bits per heavy atom. The summed E-state index contributed by atoms with van der Waals surface area (Å²) in [6.45, 7) is 2.61. The first kappa shape index (κ1) is 17.5. The molecular weight excluding hydrogens is 527 g/mol. The zero-order chi connectivity index (χ0) is 36.5. The van der Waals surface area contributed by atoms with Crippen LogP contribution in [0.15, 0.2) is 34.4 Å². The number of nitrogens with zero attached hydrogens (tertiary/aromatic N) is 2. The summed E-state index contributed by atoms with van der Waals surface area (Å²) in [4.78, 5) is 13.5. The molecule has 1 aliphatic carbocycles. The minimum atomic E-state index is -8.26. The van der Waals surface area contributed by atoms with E-state index in [9.17, 15) is 17.8 Å². The summed E-state index contributed by atoms with van der Waals surface area (Å²) >= 11 is -8.26. The summed E-state index contributed by atoms with van der Waals surface area (Å²) in [5, 5.41) is 2.95. The van der Waals surface area contributed by atoms with Crippen LogP contribution >= 0.6 is 11.4 Å². The summed E-state index contributed by atoms with van der Waals surface area (Å²) in [5.74, 6) is -6.35. The fourth-order valence-electron chi connectivity index (χ4n) is 5.25. The van der Waals surface area contributed by atoms with E-state index in [0.29, 0.717) is 12.1 Å². The molecule has 0 spiro atoms. The molecule has 0 bridgehead atoms. The lowest BCUT2D eigenvalue weighted by Crippen LogP contribution is -2.69. The number of amides is 2. The number of allylic oxidation sites excluding steroid dienone is 2. The van der Waals surface area contributed by atoms with Crippen molar-refractivity contribution in [3.8, 4) is 0 Å². The minimum absolute atomic E-state index is 0.0318. The molecule has 3 aliphatic heterocycles. The van der Waals surface area contributed by atoms with Crippen molar-refractivity contribution in [2.45, 2.75) is 57.6 Å². The van der Waals surface area contributed by atoms with Crippen molar-refractivity contribution >= 4 is 23.0 Å². The van der Waals surface area contributed by atoms with Gasteiger partial charge in [0, 0.05) is 70.3 Å². The van der Waals surface area contributed by atoms with Gasteiger partial charge in [0.15, 0.2) is 1.41 Å². The van der Waals surface area contributed by atoms with Gasteiger partial charge < -0.3 is 15.4 Å². The van der Waals surface area contributed by atoms with Crippen LogP contribution in [-0.4, -0.2) is 82.8 Å². The van der Waals surface area contributed by atoms with E-state index in [2.05, 4.69) is 5.32 Å². The van der Waals surface area contributed by atoms with Gasteiger partial charge in [0.05, 0.1) is 26.0 Å². The highest BCUT2D eigenvalue weighted by Crippen LogP contribution is 2.55. The Morgan fingerprint density at radius 2 is 2.00 bits per heavy atom. The maximum Gasteiger partial charge on any atom is 0.413 e. The summed E-state index contributed by atoms with van der Waals surface area (Å²) in [6.07, 6.45) is -10.5. The summed E-state index contributed by atoms with van der Waals surface area (Å²) in [5.41, 5.74) is -10.4. The number of hydrogen-bond donors (Lipinski definition) is 2. The summed E-state index contributed by atoms with van der Waals surface area (Å²) < 4.78 is 173. The molecule has 4 aliphatic rings. The van der Waals surface area contributed by atoms with Crippen molar-refractivity contribution < 1.29 is 39.7 Å². The molecule has 0 radical (unpaired) electrons. The molecule has 1 aromatic carbocycles. The van der Waals surface area contributed by atoms with E-state index in [1.54, 1.807) is 13.8 Å². The predicted octanol–water partition coefficient (Wildman–Crippen LogP) is 3.63. The van der Waals surface area contributed by atoms with Crippen LogP contribution in [0.25, 0.3) is 5.57 Å². The molecule has 38 heavy (non-hydrogen) atoms. The van der Waals surface area contributed by atoms with E-state index in [-0.39, 0.29) is 36.0 Å². The molecule has 2 amide bonds. The SMILES string of the molecule is [2H]N1C(=O)N2C3=C(C(c4ccc(F)cc4F)=C(C(F)(F)F)CC3([2H])C1([2H])N1C[C@@H](C)N[C@@H](C)C1)S([2H])([2H])([2H])([2H])C([2H])([2H])[C@]2([2H])COCC. The standard InChI is InChI=1S/C26H35F5N4O2S/c1-4-37-11-16-12-38-23-21(17-6-5-15(27)7-20(17)28)19(26(29,30)31)8-18-22(23)35(16)25(36)33-24(18)34-9-13(2)32-14(3)10-34/h5-7,13-14,16,18,24,32H,4,8-12H2,1-3H3,38H4,(H,33,36)/t13-,14+,16-,18?,24?/m0/s1/i12D2,16D,18D,24D,38D4/hD. The highest BCUT2D eigenvalue weighted by molar-refractivity contribution is 8.03. The van der Waals surface area contributed by atoms with Gasteiger partial charge in [-0.15, -0.1) is 0 Å². The van der Waals surface area contributed by atoms with E-state index in [1.165, 1.54) is 6.92 Å². The zero-order valence-electron chi connectivity index (χ0n) is 30.9. The number of hydrogen-bond acceptors (Lipinski definition) is 4. The second kappa shape index (κ2) is 10.4. The molecular formula is C26H35F5N4O2S. The number of nitrogens with one attached hydrogen (secondary N) is 2.